The van der Waals surface area contributed by atoms with Crippen LogP contribution in [0.2, 0.25) is 0 Å². The Morgan fingerprint density at radius 3 is 2.45 bits per heavy atom. The molecule has 1 amide bonds. The number of hydrogen-bond donors (Lipinski definition) is 1. The van der Waals surface area contributed by atoms with Crippen molar-refractivity contribution in [2.75, 3.05) is 32.8 Å². The summed E-state index contributed by atoms with van der Waals surface area (Å²) in [7, 11) is 0. The molecule has 0 aromatic rings. The smallest absolute Gasteiger partial charge is 0.407 e. The molecule has 1 N–H and O–H groups in total. The molecule has 1 atom stereocenters. The molecule has 1 fully saturated rings. The van der Waals surface area contributed by atoms with E-state index < -0.39 is 6.09 Å². The van der Waals surface area contributed by atoms with Crippen molar-refractivity contribution in [2.24, 2.45) is 5.92 Å². The highest BCUT2D eigenvalue weighted by Crippen LogP contribution is 2.25. The van der Waals surface area contributed by atoms with Crippen LogP contribution >= 0.6 is 0 Å². The molecule has 0 bridgehead atoms. The van der Waals surface area contributed by atoms with Crippen molar-refractivity contribution < 1.29 is 19.4 Å². The van der Waals surface area contributed by atoms with Crippen molar-refractivity contribution in [1.82, 2.24) is 9.80 Å². The van der Waals surface area contributed by atoms with Gasteiger partial charge in [-0.15, -0.1) is 0 Å². The van der Waals surface area contributed by atoms with Crippen LogP contribution < -0.4 is 0 Å². The van der Waals surface area contributed by atoms with Gasteiger partial charge in [-0.05, 0) is 39.2 Å². The Morgan fingerprint density at radius 2 is 2.00 bits per heavy atom. The average Bonchev–Trinajstić information content (AvgIpc) is 2.51. The Balaban J connectivity index is 2.81. The molecule has 22 heavy (non-hydrogen) atoms. The quantitative estimate of drug-likeness (QED) is 0.576. The van der Waals surface area contributed by atoms with Gasteiger partial charge in [0.05, 0.1) is 6.61 Å². The zero-order valence-corrected chi connectivity index (χ0v) is 13.8. The molecule has 1 rings (SSSR count). The lowest BCUT2D eigenvalue weighted by Crippen LogP contribution is -2.51. The molecule has 1 saturated heterocycles. The van der Waals surface area contributed by atoms with Gasteiger partial charge in [0, 0.05) is 19.6 Å². The summed E-state index contributed by atoms with van der Waals surface area (Å²) in [5.41, 5.74) is 0. The molecule has 0 aromatic heterocycles. The number of piperidine rings is 1. The van der Waals surface area contributed by atoms with E-state index in [0.29, 0.717) is 39.1 Å². The van der Waals surface area contributed by atoms with E-state index in [-0.39, 0.29) is 17.9 Å². The number of carbonyl (C=O) groups is 2. The minimum atomic E-state index is -0.882. The van der Waals surface area contributed by atoms with E-state index in [4.69, 9.17) is 9.84 Å². The predicted molar refractivity (Wildman–Crippen MR) is 84.8 cm³/mol. The van der Waals surface area contributed by atoms with Gasteiger partial charge in [0.1, 0.15) is 6.04 Å². The van der Waals surface area contributed by atoms with E-state index in [0.717, 1.165) is 6.54 Å². The first-order valence-electron chi connectivity index (χ1n) is 8.04. The Kier molecular flexibility index (Phi) is 7.95. The van der Waals surface area contributed by atoms with Gasteiger partial charge >= 0.3 is 12.1 Å². The van der Waals surface area contributed by atoms with Crippen LogP contribution in [0, 0.1) is 5.92 Å². The van der Waals surface area contributed by atoms with Crippen molar-refractivity contribution in [3.05, 3.63) is 12.2 Å². The minimum absolute atomic E-state index is 0.139. The van der Waals surface area contributed by atoms with Crippen LogP contribution in [-0.4, -0.2) is 65.8 Å². The van der Waals surface area contributed by atoms with Crippen LogP contribution in [0.5, 0.6) is 0 Å². The van der Waals surface area contributed by atoms with Crippen LogP contribution in [0.15, 0.2) is 12.2 Å². The zero-order chi connectivity index (χ0) is 16.5. The Labute approximate surface area is 132 Å². The number of likely N-dealkylation sites (N-methyl/N-ethyl adjacent to an activating group) is 1. The summed E-state index contributed by atoms with van der Waals surface area (Å²) in [6.45, 7) is 8.59. The summed E-state index contributed by atoms with van der Waals surface area (Å²) in [5, 5.41) is 9.04. The zero-order valence-electron chi connectivity index (χ0n) is 13.8. The number of rotatable bonds is 7. The first-order chi connectivity index (χ1) is 10.5. The van der Waals surface area contributed by atoms with E-state index in [2.05, 4.69) is 4.90 Å². The molecular formula is C16H28N2O4. The van der Waals surface area contributed by atoms with Crippen LogP contribution in [-0.2, 0) is 9.53 Å². The third-order valence-corrected chi connectivity index (χ3v) is 4.16. The molecule has 6 nitrogen and oxygen atoms in total. The molecule has 126 valence electrons. The molecule has 1 unspecified atom stereocenters. The highest BCUT2D eigenvalue weighted by Gasteiger charge is 2.36. The number of nitrogens with zero attached hydrogens (tertiary/aromatic N) is 2. The Hall–Kier alpha value is -1.56. The van der Waals surface area contributed by atoms with Gasteiger partial charge in [-0.2, -0.15) is 0 Å². The van der Waals surface area contributed by atoms with E-state index in [9.17, 15) is 9.59 Å². The van der Waals surface area contributed by atoms with E-state index in [1.165, 1.54) is 4.90 Å². The largest absolute Gasteiger partial charge is 0.465 e. The third-order valence-electron chi connectivity index (χ3n) is 4.16. The van der Waals surface area contributed by atoms with Crippen LogP contribution in [0.3, 0.4) is 0 Å². The van der Waals surface area contributed by atoms with Crippen molar-refractivity contribution in [2.45, 2.75) is 39.7 Å². The van der Waals surface area contributed by atoms with Crippen molar-refractivity contribution in [1.29, 1.82) is 0 Å². The topological polar surface area (TPSA) is 70.1 Å². The monoisotopic (exact) mass is 312 g/mol. The maximum Gasteiger partial charge on any atom is 0.407 e. The summed E-state index contributed by atoms with van der Waals surface area (Å²) in [6, 6.07) is -0.294. The molecule has 0 aromatic carbocycles. The summed E-state index contributed by atoms with van der Waals surface area (Å²) >= 11 is 0. The molecule has 1 aliphatic rings. The summed E-state index contributed by atoms with van der Waals surface area (Å²) in [5.74, 6) is -0.0533. The van der Waals surface area contributed by atoms with Gasteiger partial charge in [-0.25, -0.2) is 4.79 Å². The maximum atomic E-state index is 12.4. The van der Waals surface area contributed by atoms with E-state index in [1.54, 1.807) is 0 Å². The summed E-state index contributed by atoms with van der Waals surface area (Å²) < 4.78 is 5.26. The highest BCUT2D eigenvalue weighted by atomic mass is 16.5. The van der Waals surface area contributed by atoms with Crippen LogP contribution in [0.1, 0.15) is 33.6 Å². The van der Waals surface area contributed by atoms with E-state index >= 15 is 0 Å². The first kappa shape index (κ1) is 18.5. The van der Waals surface area contributed by atoms with Crippen LogP contribution in [0.25, 0.3) is 0 Å². The van der Waals surface area contributed by atoms with Gasteiger partial charge in [0.2, 0.25) is 0 Å². The Bertz CT molecular complexity index is 390. The van der Waals surface area contributed by atoms with Crippen molar-refractivity contribution in [3.8, 4) is 0 Å². The number of hydrogen-bond acceptors (Lipinski definition) is 4. The number of carboxylic acid groups (broad SMARTS) is 1. The second-order valence-electron chi connectivity index (χ2n) is 5.46. The lowest BCUT2D eigenvalue weighted by atomic mass is 9.88. The van der Waals surface area contributed by atoms with E-state index in [1.807, 2.05) is 32.9 Å². The fourth-order valence-electron chi connectivity index (χ4n) is 2.95. The second kappa shape index (κ2) is 9.46. The lowest BCUT2D eigenvalue weighted by molar-refractivity contribution is -0.152. The third kappa shape index (κ3) is 5.02. The number of allylic oxidation sites excluding steroid dienone is 1. The van der Waals surface area contributed by atoms with Crippen molar-refractivity contribution in [3.63, 3.8) is 0 Å². The molecule has 0 spiro atoms. The lowest BCUT2D eigenvalue weighted by Gasteiger charge is -2.38. The molecule has 0 aliphatic carbocycles. The van der Waals surface area contributed by atoms with Gasteiger partial charge in [0.25, 0.3) is 0 Å². The number of likely N-dealkylation sites (tertiary alicyclic amines) is 1. The molecule has 1 heterocycles. The molecule has 6 heteroatoms. The van der Waals surface area contributed by atoms with Gasteiger partial charge in [-0.3, -0.25) is 9.69 Å². The van der Waals surface area contributed by atoms with Gasteiger partial charge in [0.15, 0.2) is 0 Å². The number of amides is 1. The minimum Gasteiger partial charge on any atom is -0.465 e. The molecule has 0 saturated carbocycles. The SMILES string of the molecule is C/C=C\CN(CC)C(C(=O)OCC)C1CCN(C(=O)O)CC1. The number of ether oxygens (including phenoxy) is 1. The maximum absolute atomic E-state index is 12.4. The molecule has 1 aliphatic heterocycles. The normalized spacial score (nSPS) is 17.9. The highest BCUT2D eigenvalue weighted by molar-refractivity contribution is 5.76. The fraction of sp³-hybridized carbons (Fsp3) is 0.750. The van der Waals surface area contributed by atoms with Crippen molar-refractivity contribution >= 4 is 12.1 Å². The summed E-state index contributed by atoms with van der Waals surface area (Å²) in [4.78, 5) is 26.9. The molecule has 0 radical (unpaired) electrons. The predicted octanol–water partition coefficient (Wildman–Crippen LogP) is 2.21. The van der Waals surface area contributed by atoms with Crippen LogP contribution in [0.4, 0.5) is 4.79 Å². The molecular weight excluding hydrogens is 284 g/mol. The standard InChI is InChI=1S/C16H28N2O4/c1-4-7-10-17(5-2)14(15(19)22-6-3)13-8-11-18(12-9-13)16(20)21/h4,7,13-14H,5-6,8-12H2,1-3H3,(H,20,21)/b7-4-. The van der Waals surface area contributed by atoms with Gasteiger partial charge in [-0.1, -0.05) is 19.1 Å². The number of esters is 1. The first-order valence-corrected chi connectivity index (χ1v) is 8.04. The fourth-order valence-corrected chi connectivity index (χ4v) is 2.95. The Morgan fingerprint density at radius 1 is 1.36 bits per heavy atom. The average molecular weight is 312 g/mol. The second-order valence-corrected chi connectivity index (χ2v) is 5.46. The van der Waals surface area contributed by atoms with Gasteiger partial charge < -0.3 is 14.7 Å². The summed E-state index contributed by atoms with van der Waals surface area (Å²) in [6.07, 6.45) is 4.51. The number of carbonyl (C=O) groups excluding carboxylic acids is 1.